The first kappa shape index (κ1) is 19.3. The summed E-state index contributed by atoms with van der Waals surface area (Å²) in [5, 5.41) is 3.32. The van der Waals surface area contributed by atoms with E-state index < -0.39 is 5.92 Å². The van der Waals surface area contributed by atoms with Gasteiger partial charge in [-0.15, -0.1) is 0 Å². The molecule has 1 atom stereocenters. The number of nitrogens with zero attached hydrogens (tertiary/aromatic N) is 1. The molecule has 2 aliphatic rings. The first-order valence-electron chi connectivity index (χ1n) is 10.2. The van der Waals surface area contributed by atoms with Gasteiger partial charge < -0.3 is 20.5 Å². The Morgan fingerprint density at radius 3 is 2.79 bits per heavy atom. The summed E-state index contributed by atoms with van der Waals surface area (Å²) >= 11 is 0. The number of rotatable bonds is 4. The van der Waals surface area contributed by atoms with Gasteiger partial charge in [0, 0.05) is 28.2 Å². The lowest BCUT2D eigenvalue weighted by Gasteiger charge is -2.33. The SMILES string of the molecule is CCOC(=O)C1=C(C)Nc2nc3c(c(N)c2[C@H]1c1ccccc1OC)CCCC3. The predicted octanol–water partition coefficient (Wildman–Crippen LogP) is 3.95. The highest BCUT2D eigenvalue weighted by Gasteiger charge is 2.38. The monoisotopic (exact) mass is 393 g/mol. The number of nitrogens with two attached hydrogens (primary N) is 1. The van der Waals surface area contributed by atoms with Crippen LogP contribution in [0.5, 0.6) is 5.75 Å². The molecule has 0 spiro atoms. The normalized spacial score (nSPS) is 17.8. The maximum Gasteiger partial charge on any atom is 0.336 e. The molecule has 0 fully saturated rings. The van der Waals surface area contributed by atoms with E-state index in [-0.39, 0.29) is 5.97 Å². The number of nitrogen functional groups attached to an aromatic ring is 1. The Morgan fingerprint density at radius 1 is 1.28 bits per heavy atom. The number of fused-ring (bicyclic) bond motifs is 2. The van der Waals surface area contributed by atoms with E-state index >= 15 is 0 Å². The van der Waals surface area contributed by atoms with E-state index in [2.05, 4.69) is 5.32 Å². The lowest BCUT2D eigenvalue weighted by Crippen LogP contribution is -2.27. The van der Waals surface area contributed by atoms with E-state index in [1.54, 1.807) is 7.11 Å². The number of hydrogen-bond acceptors (Lipinski definition) is 6. The van der Waals surface area contributed by atoms with Gasteiger partial charge in [0.1, 0.15) is 11.6 Å². The van der Waals surface area contributed by atoms with Crippen molar-refractivity contribution in [1.82, 2.24) is 4.98 Å². The molecule has 1 aliphatic heterocycles. The molecular weight excluding hydrogens is 366 g/mol. The Hall–Kier alpha value is -3.02. The fraction of sp³-hybridized carbons (Fsp3) is 0.391. The molecule has 0 unspecified atom stereocenters. The minimum Gasteiger partial charge on any atom is -0.496 e. The maximum atomic E-state index is 13.0. The van der Waals surface area contributed by atoms with Crippen LogP contribution in [0.3, 0.4) is 0 Å². The zero-order chi connectivity index (χ0) is 20.5. The topological polar surface area (TPSA) is 86.5 Å². The van der Waals surface area contributed by atoms with Crippen molar-refractivity contribution >= 4 is 17.5 Å². The van der Waals surface area contributed by atoms with E-state index in [1.807, 2.05) is 38.1 Å². The van der Waals surface area contributed by atoms with Crippen LogP contribution in [-0.2, 0) is 22.4 Å². The van der Waals surface area contributed by atoms with E-state index in [9.17, 15) is 4.79 Å². The second-order valence-electron chi connectivity index (χ2n) is 7.48. The second kappa shape index (κ2) is 7.78. The lowest BCUT2D eigenvalue weighted by molar-refractivity contribution is -0.138. The number of carbonyl (C=O) groups is 1. The summed E-state index contributed by atoms with van der Waals surface area (Å²) in [6, 6.07) is 7.74. The van der Waals surface area contributed by atoms with Crippen LogP contribution in [-0.4, -0.2) is 24.7 Å². The molecule has 2 heterocycles. The zero-order valence-electron chi connectivity index (χ0n) is 17.2. The maximum absolute atomic E-state index is 13.0. The Bertz CT molecular complexity index is 997. The summed E-state index contributed by atoms with van der Waals surface area (Å²) in [5.74, 6) is 0.680. The van der Waals surface area contributed by atoms with Crippen molar-refractivity contribution in [2.24, 2.45) is 0 Å². The van der Waals surface area contributed by atoms with Crippen LogP contribution >= 0.6 is 0 Å². The van der Waals surface area contributed by atoms with Crippen molar-refractivity contribution in [3.63, 3.8) is 0 Å². The molecule has 29 heavy (non-hydrogen) atoms. The van der Waals surface area contributed by atoms with Gasteiger partial charge in [-0.05, 0) is 51.2 Å². The summed E-state index contributed by atoms with van der Waals surface area (Å²) in [7, 11) is 1.63. The number of hydrogen-bond donors (Lipinski definition) is 2. The number of carbonyl (C=O) groups excluding carboxylic acids is 1. The molecule has 0 saturated heterocycles. The highest BCUT2D eigenvalue weighted by Crippen LogP contribution is 2.48. The molecule has 0 amide bonds. The first-order valence-corrected chi connectivity index (χ1v) is 10.2. The molecule has 1 aromatic heterocycles. The molecule has 6 heteroatoms. The van der Waals surface area contributed by atoms with Crippen LogP contribution in [0.1, 0.15) is 55.0 Å². The third kappa shape index (κ3) is 3.22. The third-order valence-corrected chi connectivity index (χ3v) is 5.79. The van der Waals surface area contributed by atoms with Gasteiger partial charge in [0.25, 0.3) is 0 Å². The highest BCUT2D eigenvalue weighted by molar-refractivity contribution is 5.96. The summed E-state index contributed by atoms with van der Waals surface area (Å²) < 4.78 is 11.0. The number of esters is 1. The Labute approximate surface area is 171 Å². The van der Waals surface area contributed by atoms with Crippen LogP contribution < -0.4 is 15.8 Å². The van der Waals surface area contributed by atoms with Crippen LogP contribution in [0.15, 0.2) is 35.5 Å². The van der Waals surface area contributed by atoms with Gasteiger partial charge >= 0.3 is 5.97 Å². The van der Waals surface area contributed by atoms with E-state index in [4.69, 9.17) is 20.2 Å². The quantitative estimate of drug-likeness (QED) is 0.765. The van der Waals surface area contributed by atoms with Crippen LogP contribution in [0, 0.1) is 0 Å². The molecule has 3 N–H and O–H groups in total. The second-order valence-corrected chi connectivity index (χ2v) is 7.48. The smallest absolute Gasteiger partial charge is 0.336 e. The molecule has 4 rings (SSSR count). The zero-order valence-corrected chi connectivity index (χ0v) is 17.2. The standard InChI is InChI=1S/C23H27N3O3/c1-4-29-23(27)18-13(2)25-22-20(19(18)15-10-6-8-12-17(15)28-3)21(24)14-9-5-7-11-16(14)26-22/h6,8,10,12,19H,4-5,7,9,11H2,1-3H3,(H3,24,25,26)/t19-/m0/s1. The molecule has 2 aromatic rings. The van der Waals surface area contributed by atoms with Crippen molar-refractivity contribution in [2.75, 3.05) is 24.8 Å². The lowest BCUT2D eigenvalue weighted by atomic mass is 9.78. The number of anilines is 2. The van der Waals surface area contributed by atoms with Gasteiger partial charge in [-0.2, -0.15) is 0 Å². The summed E-state index contributed by atoms with van der Waals surface area (Å²) in [6.07, 6.45) is 4.07. The first-order chi connectivity index (χ1) is 14.1. The van der Waals surface area contributed by atoms with Gasteiger partial charge in [0.05, 0.1) is 25.2 Å². The molecule has 1 aromatic carbocycles. The fourth-order valence-electron chi connectivity index (χ4n) is 4.48. The van der Waals surface area contributed by atoms with Gasteiger partial charge in [-0.1, -0.05) is 18.2 Å². The number of aryl methyl sites for hydroxylation is 1. The summed E-state index contributed by atoms with van der Waals surface area (Å²) in [6.45, 7) is 4.00. The van der Waals surface area contributed by atoms with E-state index in [0.29, 0.717) is 17.9 Å². The van der Waals surface area contributed by atoms with Gasteiger partial charge in [-0.25, -0.2) is 9.78 Å². The number of aromatic nitrogens is 1. The summed E-state index contributed by atoms with van der Waals surface area (Å²) in [5.41, 5.74) is 12.6. The number of pyridine rings is 1. The Kier molecular flexibility index (Phi) is 5.18. The fourth-order valence-corrected chi connectivity index (χ4v) is 4.48. The molecule has 6 nitrogen and oxygen atoms in total. The molecule has 1 aliphatic carbocycles. The number of para-hydroxylation sites is 1. The van der Waals surface area contributed by atoms with Crippen molar-refractivity contribution in [2.45, 2.75) is 45.4 Å². The minimum atomic E-state index is -0.402. The number of nitrogens with one attached hydrogen (secondary N) is 1. The number of methoxy groups -OCH3 is 1. The van der Waals surface area contributed by atoms with Gasteiger partial charge in [-0.3, -0.25) is 0 Å². The van der Waals surface area contributed by atoms with Crippen LogP contribution in [0.4, 0.5) is 11.5 Å². The average molecular weight is 393 g/mol. The van der Waals surface area contributed by atoms with Crippen molar-refractivity contribution < 1.29 is 14.3 Å². The van der Waals surface area contributed by atoms with Gasteiger partial charge in [0.2, 0.25) is 0 Å². The molecule has 0 radical (unpaired) electrons. The van der Waals surface area contributed by atoms with Crippen molar-refractivity contribution in [3.8, 4) is 5.75 Å². The molecular formula is C23H27N3O3. The molecule has 0 bridgehead atoms. The van der Waals surface area contributed by atoms with Crippen molar-refractivity contribution in [3.05, 3.63) is 57.9 Å². The van der Waals surface area contributed by atoms with E-state index in [0.717, 1.165) is 65.3 Å². The van der Waals surface area contributed by atoms with Crippen LogP contribution in [0.25, 0.3) is 0 Å². The predicted molar refractivity (Wildman–Crippen MR) is 113 cm³/mol. The van der Waals surface area contributed by atoms with Gasteiger partial charge in [0.15, 0.2) is 0 Å². The average Bonchev–Trinajstić information content (AvgIpc) is 2.73. The number of ether oxygens (including phenoxy) is 2. The molecule has 152 valence electrons. The largest absolute Gasteiger partial charge is 0.496 e. The highest BCUT2D eigenvalue weighted by atomic mass is 16.5. The molecule has 0 saturated carbocycles. The van der Waals surface area contributed by atoms with E-state index in [1.165, 1.54) is 0 Å². The van der Waals surface area contributed by atoms with Crippen LogP contribution in [0.2, 0.25) is 0 Å². The minimum absolute atomic E-state index is 0.305. The Balaban J connectivity index is 1.99. The number of benzene rings is 1. The van der Waals surface area contributed by atoms with Crippen molar-refractivity contribution in [1.29, 1.82) is 0 Å². The number of allylic oxidation sites excluding steroid dienone is 1. The summed E-state index contributed by atoms with van der Waals surface area (Å²) in [4.78, 5) is 17.9. The Morgan fingerprint density at radius 2 is 2.03 bits per heavy atom. The third-order valence-electron chi connectivity index (χ3n) is 5.79.